The molecule has 0 saturated heterocycles. The van der Waals surface area contributed by atoms with Gasteiger partial charge in [-0.25, -0.2) is 9.59 Å². The lowest BCUT2D eigenvalue weighted by atomic mass is 10.2. The fourth-order valence-electron chi connectivity index (χ4n) is 1.45. The van der Waals surface area contributed by atoms with E-state index >= 15 is 0 Å². The summed E-state index contributed by atoms with van der Waals surface area (Å²) in [5, 5.41) is 17.5. The second-order valence-corrected chi connectivity index (χ2v) is 4.85. The number of carbonyl (C=O) groups is 3. The van der Waals surface area contributed by atoms with Crippen LogP contribution < -0.4 is 10.6 Å². The van der Waals surface area contributed by atoms with E-state index in [-0.39, 0.29) is 6.04 Å². The molecule has 0 aliphatic carbocycles. The molecule has 0 aliphatic heterocycles. The Morgan fingerprint density at radius 1 is 1.40 bits per heavy atom. The summed E-state index contributed by atoms with van der Waals surface area (Å²) in [6, 6.07) is -0.371. The minimum Gasteiger partial charge on any atom is -0.480 e. The number of esters is 1. The monoisotopic (exact) mass is 300 g/mol. The molecule has 0 bridgehead atoms. The van der Waals surface area contributed by atoms with Crippen molar-refractivity contribution in [3.8, 4) is 0 Å². The smallest absolute Gasteiger partial charge is 0.326 e. The van der Waals surface area contributed by atoms with Crippen LogP contribution >= 0.6 is 11.3 Å². The van der Waals surface area contributed by atoms with Gasteiger partial charge in [0.1, 0.15) is 6.04 Å². The van der Waals surface area contributed by atoms with Crippen LogP contribution in [0.4, 0.5) is 4.79 Å². The number of carbonyl (C=O) groups excluding carboxylic acids is 2. The van der Waals surface area contributed by atoms with Crippen LogP contribution in [0, 0.1) is 0 Å². The molecule has 110 valence electrons. The van der Waals surface area contributed by atoms with Gasteiger partial charge in [-0.05, 0) is 29.3 Å². The molecule has 1 heterocycles. The number of thiophene rings is 1. The average Bonchev–Trinajstić information content (AvgIpc) is 2.91. The Balaban J connectivity index is 2.53. The predicted molar refractivity (Wildman–Crippen MR) is 72.5 cm³/mol. The Kier molecular flexibility index (Phi) is 5.98. The largest absolute Gasteiger partial charge is 0.480 e. The molecule has 7 nitrogen and oxygen atoms in total. The van der Waals surface area contributed by atoms with Crippen molar-refractivity contribution < 1.29 is 24.2 Å². The summed E-state index contributed by atoms with van der Waals surface area (Å²) in [6.07, 6.45) is -0.425. The second kappa shape index (κ2) is 7.49. The van der Waals surface area contributed by atoms with Crippen LogP contribution in [0.5, 0.6) is 0 Å². The molecule has 3 N–H and O–H groups in total. The maximum atomic E-state index is 11.7. The third-order valence-corrected chi connectivity index (χ3v) is 3.29. The zero-order valence-corrected chi connectivity index (χ0v) is 11.9. The van der Waals surface area contributed by atoms with Crippen molar-refractivity contribution in [1.82, 2.24) is 10.6 Å². The normalized spacial score (nSPS) is 13.1. The van der Waals surface area contributed by atoms with Gasteiger partial charge in [0, 0.05) is 0 Å². The van der Waals surface area contributed by atoms with Gasteiger partial charge >= 0.3 is 18.0 Å². The second-order valence-electron chi connectivity index (χ2n) is 4.07. The van der Waals surface area contributed by atoms with E-state index in [4.69, 9.17) is 5.11 Å². The maximum Gasteiger partial charge on any atom is 0.326 e. The first-order valence-electron chi connectivity index (χ1n) is 5.82. The summed E-state index contributed by atoms with van der Waals surface area (Å²) in [4.78, 5) is 33.7. The molecule has 0 saturated carbocycles. The summed E-state index contributed by atoms with van der Waals surface area (Å²) in [7, 11) is 1.15. The Bertz CT molecular complexity index is 474. The highest BCUT2D eigenvalue weighted by atomic mass is 32.1. The van der Waals surface area contributed by atoms with Gasteiger partial charge in [0.2, 0.25) is 0 Å². The maximum absolute atomic E-state index is 11.7. The molecule has 0 spiro atoms. The van der Waals surface area contributed by atoms with Crippen molar-refractivity contribution >= 4 is 29.3 Å². The molecule has 1 aromatic heterocycles. The Morgan fingerprint density at radius 2 is 2.10 bits per heavy atom. The quantitative estimate of drug-likeness (QED) is 0.683. The van der Waals surface area contributed by atoms with Gasteiger partial charge in [0.15, 0.2) is 0 Å². The van der Waals surface area contributed by atoms with Crippen molar-refractivity contribution in [2.24, 2.45) is 0 Å². The van der Waals surface area contributed by atoms with E-state index in [1.807, 2.05) is 16.8 Å². The van der Waals surface area contributed by atoms with Crippen molar-refractivity contribution in [2.75, 3.05) is 7.11 Å². The lowest BCUT2D eigenvalue weighted by Gasteiger charge is -2.17. The molecule has 1 unspecified atom stereocenters. The SMILES string of the molecule is COC(=O)C[C@H](NC(=O)NC(C)c1ccsc1)C(=O)O. The molecule has 0 aliphatic rings. The lowest BCUT2D eigenvalue weighted by Crippen LogP contribution is -2.47. The number of hydrogen-bond acceptors (Lipinski definition) is 5. The summed E-state index contributed by atoms with van der Waals surface area (Å²) in [6.45, 7) is 1.78. The lowest BCUT2D eigenvalue weighted by molar-refractivity contribution is -0.147. The topological polar surface area (TPSA) is 105 Å². The van der Waals surface area contributed by atoms with Gasteiger partial charge < -0.3 is 20.5 Å². The molecular weight excluding hydrogens is 284 g/mol. The molecule has 1 aromatic rings. The molecule has 0 fully saturated rings. The molecule has 2 amide bonds. The van der Waals surface area contributed by atoms with Crippen molar-refractivity contribution in [2.45, 2.75) is 25.4 Å². The van der Waals surface area contributed by atoms with E-state index in [0.717, 1.165) is 12.7 Å². The van der Waals surface area contributed by atoms with Crippen molar-refractivity contribution in [3.63, 3.8) is 0 Å². The summed E-state index contributed by atoms with van der Waals surface area (Å²) in [5.74, 6) is -2.00. The van der Waals surface area contributed by atoms with E-state index in [1.165, 1.54) is 11.3 Å². The van der Waals surface area contributed by atoms with E-state index < -0.39 is 30.4 Å². The van der Waals surface area contributed by atoms with Crippen molar-refractivity contribution in [1.29, 1.82) is 0 Å². The molecule has 8 heteroatoms. The Hall–Kier alpha value is -2.09. The van der Waals surface area contributed by atoms with E-state index in [2.05, 4.69) is 15.4 Å². The number of carboxylic acid groups (broad SMARTS) is 1. The number of rotatable bonds is 6. The molecule has 2 atom stereocenters. The van der Waals surface area contributed by atoms with E-state index in [0.29, 0.717) is 0 Å². The first-order valence-corrected chi connectivity index (χ1v) is 6.77. The third-order valence-electron chi connectivity index (χ3n) is 2.59. The van der Waals surface area contributed by atoms with Gasteiger partial charge in [-0.2, -0.15) is 11.3 Å². The molecule has 0 radical (unpaired) electrons. The highest BCUT2D eigenvalue weighted by Crippen LogP contribution is 2.15. The first kappa shape index (κ1) is 16.0. The highest BCUT2D eigenvalue weighted by molar-refractivity contribution is 7.07. The fourth-order valence-corrected chi connectivity index (χ4v) is 2.21. The van der Waals surface area contributed by atoms with Gasteiger partial charge in [-0.15, -0.1) is 0 Å². The molecular formula is C12H16N2O5S. The van der Waals surface area contributed by atoms with Gasteiger partial charge in [-0.3, -0.25) is 4.79 Å². The summed E-state index contributed by atoms with van der Waals surface area (Å²) in [5.41, 5.74) is 0.921. The molecule has 20 heavy (non-hydrogen) atoms. The van der Waals surface area contributed by atoms with E-state index in [1.54, 1.807) is 6.92 Å². The fraction of sp³-hybridized carbons (Fsp3) is 0.417. The highest BCUT2D eigenvalue weighted by Gasteiger charge is 2.24. The van der Waals surface area contributed by atoms with Crippen molar-refractivity contribution in [3.05, 3.63) is 22.4 Å². The Morgan fingerprint density at radius 3 is 2.60 bits per heavy atom. The summed E-state index contributed by atoms with van der Waals surface area (Å²) >= 11 is 1.50. The zero-order valence-electron chi connectivity index (χ0n) is 11.1. The average molecular weight is 300 g/mol. The number of methoxy groups -OCH3 is 1. The number of aliphatic carboxylic acids is 1. The van der Waals surface area contributed by atoms with Crippen LogP contribution in [-0.4, -0.2) is 36.2 Å². The molecule has 1 rings (SSSR count). The minimum absolute atomic E-state index is 0.256. The van der Waals surface area contributed by atoms with Crippen LogP contribution in [-0.2, 0) is 14.3 Å². The Labute approximate surface area is 119 Å². The molecule has 0 aromatic carbocycles. The van der Waals surface area contributed by atoms with Crippen LogP contribution in [0.3, 0.4) is 0 Å². The number of urea groups is 1. The van der Waals surface area contributed by atoms with Crippen LogP contribution in [0.25, 0.3) is 0 Å². The van der Waals surface area contributed by atoms with Gasteiger partial charge in [0.25, 0.3) is 0 Å². The van der Waals surface area contributed by atoms with Gasteiger partial charge in [0.05, 0.1) is 19.6 Å². The third kappa shape index (κ3) is 4.88. The minimum atomic E-state index is -1.32. The number of nitrogens with one attached hydrogen (secondary N) is 2. The zero-order chi connectivity index (χ0) is 15.1. The van der Waals surface area contributed by atoms with Crippen LogP contribution in [0.15, 0.2) is 16.8 Å². The predicted octanol–water partition coefficient (Wildman–Crippen LogP) is 1.12. The van der Waals surface area contributed by atoms with E-state index in [9.17, 15) is 14.4 Å². The van der Waals surface area contributed by atoms with Crippen LogP contribution in [0.2, 0.25) is 0 Å². The number of amides is 2. The first-order chi connectivity index (χ1) is 9.43. The number of carboxylic acids is 1. The van der Waals surface area contributed by atoms with Gasteiger partial charge in [-0.1, -0.05) is 0 Å². The summed E-state index contributed by atoms with van der Waals surface area (Å²) < 4.78 is 4.38. The number of hydrogen-bond donors (Lipinski definition) is 3. The standard InChI is InChI=1S/C12H16N2O5S/c1-7(8-3-4-20-6-8)13-12(18)14-9(11(16)17)5-10(15)19-2/h3-4,6-7,9H,5H2,1-2H3,(H,16,17)(H2,13,14,18)/t7?,9-/m0/s1. The van der Waals surface area contributed by atoms with Crippen LogP contribution in [0.1, 0.15) is 24.9 Å². The number of ether oxygens (including phenoxy) is 1.